The Morgan fingerprint density at radius 3 is 2.73 bits per heavy atom. The van der Waals surface area contributed by atoms with E-state index in [2.05, 4.69) is 5.10 Å². The van der Waals surface area contributed by atoms with Crippen LogP contribution in [-0.2, 0) is 20.9 Å². The fraction of sp³-hybridized carbons (Fsp3) is 0.462. The highest BCUT2D eigenvalue weighted by Crippen LogP contribution is 2.21. The maximum Gasteiger partial charge on any atom is 0.305 e. The zero-order valence-electron chi connectivity index (χ0n) is 19.3. The topological polar surface area (TPSA) is 81.5 Å². The van der Waals surface area contributed by atoms with Crippen LogP contribution in [0.3, 0.4) is 0 Å². The number of hydrogen-bond donors (Lipinski definition) is 0. The van der Waals surface area contributed by atoms with Crippen LogP contribution < -0.4 is 0 Å². The smallest absolute Gasteiger partial charge is 0.305 e. The standard InChI is InChI=1S/C26H33N3O4/c1-2-33-26(32)12-8-3-4-9-17-29-23(14-16-25(29)31)13-15-24(30)22-18-27-28(20-22)19-21-10-6-5-7-11-21/h5-7,10-11,13,15,18,20,23H,2-4,8-9,12,14,16-17,19H2,1H3/b15-13+. The van der Waals surface area contributed by atoms with E-state index in [1.807, 2.05) is 48.2 Å². The van der Waals surface area contributed by atoms with E-state index in [4.69, 9.17) is 4.74 Å². The lowest BCUT2D eigenvalue weighted by Gasteiger charge is -2.22. The summed E-state index contributed by atoms with van der Waals surface area (Å²) in [6.45, 7) is 3.52. The SMILES string of the molecule is CCOC(=O)CCCCCCN1C(=O)CCC1/C=C/C(=O)c1cnn(Cc2ccccc2)c1. The van der Waals surface area contributed by atoms with Crippen LogP contribution in [-0.4, -0.2) is 51.5 Å². The first kappa shape index (κ1) is 24.4. The van der Waals surface area contributed by atoms with Gasteiger partial charge in [0.25, 0.3) is 0 Å². The molecule has 33 heavy (non-hydrogen) atoms. The highest BCUT2D eigenvalue weighted by atomic mass is 16.5. The summed E-state index contributed by atoms with van der Waals surface area (Å²) in [4.78, 5) is 38.1. The Hall–Kier alpha value is -3.22. The molecule has 0 N–H and O–H groups in total. The normalized spacial score (nSPS) is 16.0. The third kappa shape index (κ3) is 7.70. The van der Waals surface area contributed by atoms with Crippen molar-refractivity contribution in [2.24, 2.45) is 0 Å². The zero-order valence-corrected chi connectivity index (χ0v) is 19.3. The molecule has 1 saturated heterocycles. The number of likely N-dealkylation sites (tertiary alicyclic amines) is 1. The average molecular weight is 452 g/mol. The number of ether oxygens (including phenoxy) is 1. The minimum absolute atomic E-state index is 0.0413. The van der Waals surface area contributed by atoms with E-state index in [1.54, 1.807) is 23.2 Å². The summed E-state index contributed by atoms with van der Waals surface area (Å²) < 4.78 is 6.69. The average Bonchev–Trinajstić information content (AvgIpc) is 3.42. The number of rotatable bonds is 13. The van der Waals surface area contributed by atoms with Gasteiger partial charge in [-0.05, 0) is 37.8 Å². The Labute approximate surface area is 195 Å². The summed E-state index contributed by atoms with van der Waals surface area (Å²) in [6, 6.07) is 9.93. The van der Waals surface area contributed by atoms with Gasteiger partial charge in [0, 0.05) is 25.6 Å². The van der Waals surface area contributed by atoms with Gasteiger partial charge in [-0.2, -0.15) is 5.10 Å². The summed E-state index contributed by atoms with van der Waals surface area (Å²) in [5.74, 6) is -0.112. The van der Waals surface area contributed by atoms with Crippen LogP contribution in [0, 0.1) is 0 Å². The van der Waals surface area contributed by atoms with Crippen molar-refractivity contribution in [1.29, 1.82) is 0 Å². The second-order valence-corrected chi connectivity index (χ2v) is 8.30. The van der Waals surface area contributed by atoms with Crippen molar-refractivity contribution in [3.8, 4) is 0 Å². The number of carbonyl (C=O) groups is 3. The number of aromatic nitrogens is 2. The molecular formula is C26H33N3O4. The molecule has 0 bridgehead atoms. The molecule has 2 heterocycles. The molecular weight excluding hydrogens is 418 g/mol. The molecule has 0 aliphatic carbocycles. The fourth-order valence-corrected chi connectivity index (χ4v) is 4.03. The highest BCUT2D eigenvalue weighted by molar-refractivity contribution is 6.04. The van der Waals surface area contributed by atoms with Gasteiger partial charge in [-0.3, -0.25) is 19.1 Å². The Balaban J connectivity index is 1.44. The van der Waals surface area contributed by atoms with E-state index in [1.165, 1.54) is 0 Å². The van der Waals surface area contributed by atoms with Crippen LogP contribution in [0.1, 0.15) is 67.8 Å². The van der Waals surface area contributed by atoms with Gasteiger partial charge in [-0.1, -0.05) is 49.2 Å². The quantitative estimate of drug-likeness (QED) is 0.198. The maximum atomic E-state index is 12.6. The van der Waals surface area contributed by atoms with Crippen LogP contribution >= 0.6 is 0 Å². The fourth-order valence-electron chi connectivity index (χ4n) is 4.03. The molecule has 7 heteroatoms. The molecule has 1 amide bonds. The molecule has 7 nitrogen and oxygen atoms in total. The summed E-state index contributed by atoms with van der Waals surface area (Å²) in [6.07, 6.45) is 12.1. The van der Waals surface area contributed by atoms with Crippen LogP contribution in [0.15, 0.2) is 54.9 Å². The molecule has 0 spiro atoms. The molecule has 1 aromatic heterocycles. The first-order valence-corrected chi connectivity index (χ1v) is 11.8. The third-order valence-electron chi connectivity index (χ3n) is 5.78. The molecule has 1 atom stereocenters. The summed E-state index contributed by atoms with van der Waals surface area (Å²) in [7, 11) is 0. The van der Waals surface area contributed by atoms with Gasteiger partial charge in [-0.25, -0.2) is 0 Å². The minimum Gasteiger partial charge on any atom is -0.466 e. The van der Waals surface area contributed by atoms with Gasteiger partial charge in [0.15, 0.2) is 5.78 Å². The van der Waals surface area contributed by atoms with E-state index in [0.717, 1.165) is 37.7 Å². The Morgan fingerprint density at radius 1 is 1.15 bits per heavy atom. The van der Waals surface area contributed by atoms with Gasteiger partial charge in [0.1, 0.15) is 0 Å². The van der Waals surface area contributed by atoms with Crippen molar-refractivity contribution in [3.05, 3.63) is 66.0 Å². The van der Waals surface area contributed by atoms with Crippen LogP contribution in [0.25, 0.3) is 0 Å². The molecule has 2 aromatic rings. The minimum atomic E-state index is -0.146. The predicted molar refractivity (Wildman–Crippen MR) is 126 cm³/mol. The lowest BCUT2D eigenvalue weighted by Crippen LogP contribution is -2.32. The largest absolute Gasteiger partial charge is 0.466 e. The van der Waals surface area contributed by atoms with Crippen molar-refractivity contribution in [1.82, 2.24) is 14.7 Å². The number of nitrogens with zero attached hydrogens (tertiary/aromatic N) is 3. The van der Waals surface area contributed by atoms with Crippen molar-refractivity contribution in [3.63, 3.8) is 0 Å². The summed E-state index contributed by atoms with van der Waals surface area (Å²) >= 11 is 0. The molecule has 1 aliphatic rings. The van der Waals surface area contributed by atoms with Crippen molar-refractivity contribution in [2.75, 3.05) is 13.2 Å². The second kappa shape index (κ2) is 12.7. The number of esters is 1. The number of unbranched alkanes of at least 4 members (excludes halogenated alkanes) is 3. The molecule has 1 unspecified atom stereocenters. The van der Waals surface area contributed by atoms with E-state index >= 15 is 0 Å². The van der Waals surface area contributed by atoms with E-state index in [0.29, 0.717) is 38.1 Å². The third-order valence-corrected chi connectivity index (χ3v) is 5.78. The molecule has 1 aliphatic heterocycles. The first-order chi connectivity index (χ1) is 16.1. The first-order valence-electron chi connectivity index (χ1n) is 11.8. The number of carbonyl (C=O) groups excluding carboxylic acids is 3. The molecule has 1 aromatic carbocycles. The molecule has 3 rings (SSSR count). The van der Waals surface area contributed by atoms with E-state index < -0.39 is 0 Å². The van der Waals surface area contributed by atoms with Crippen molar-refractivity contribution < 1.29 is 19.1 Å². The van der Waals surface area contributed by atoms with Gasteiger partial charge in [0.05, 0.1) is 31.0 Å². The van der Waals surface area contributed by atoms with Crippen LogP contribution in [0.4, 0.5) is 0 Å². The zero-order chi connectivity index (χ0) is 23.5. The second-order valence-electron chi connectivity index (χ2n) is 8.30. The number of amides is 1. The Kier molecular flexibility index (Phi) is 9.42. The summed E-state index contributed by atoms with van der Waals surface area (Å²) in [5.41, 5.74) is 1.66. The Morgan fingerprint density at radius 2 is 1.94 bits per heavy atom. The highest BCUT2D eigenvalue weighted by Gasteiger charge is 2.28. The molecule has 0 saturated carbocycles. The lowest BCUT2D eigenvalue weighted by molar-refractivity contribution is -0.143. The predicted octanol–water partition coefficient (Wildman–Crippen LogP) is 4.17. The number of allylic oxidation sites excluding steroid dienone is 1. The lowest BCUT2D eigenvalue weighted by atomic mass is 10.1. The van der Waals surface area contributed by atoms with Gasteiger partial charge in [-0.15, -0.1) is 0 Å². The summed E-state index contributed by atoms with van der Waals surface area (Å²) in [5, 5.41) is 4.29. The monoisotopic (exact) mass is 451 g/mol. The molecule has 1 fully saturated rings. The van der Waals surface area contributed by atoms with Crippen molar-refractivity contribution >= 4 is 17.7 Å². The Bertz CT molecular complexity index is 951. The number of hydrogen-bond acceptors (Lipinski definition) is 5. The van der Waals surface area contributed by atoms with Crippen molar-refractivity contribution in [2.45, 2.75) is 64.5 Å². The van der Waals surface area contributed by atoms with Gasteiger partial charge >= 0.3 is 5.97 Å². The van der Waals surface area contributed by atoms with Crippen LogP contribution in [0.5, 0.6) is 0 Å². The van der Waals surface area contributed by atoms with E-state index in [9.17, 15) is 14.4 Å². The number of benzene rings is 1. The van der Waals surface area contributed by atoms with Gasteiger partial charge in [0.2, 0.25) is 5.91 Å². The van der Waals surface area contributed by atoms with Gasteiger partial charge < -0.3 is 9.64 Å². The van der Waals surface area contributed by atoms with E-state index in [-0.39, 0.29) is 23.7 Å². The maximum absolute atomic E-state index is 12.6. The molecule has 0 radical (unpaired) electrons. The number of ketones is 1. The molecule has 176 valence electrons. The van der Waals surface area contributed by atoms with Crippen LogP contribution in [0.2, 0.25) is 0 Å².